The van der Waals surface area contributed by atoms with Crippen LogP contribution in [-0.2, 0) is 14.3 Å². The average Bonchev–Trinajstić information content (AvgIpc) is 3.40. The molecule has 0 aliphatic carbocycles. The number of ether oxygens (including phenoxy) is 2. The first kappa shape index (κ1) is 19.9. The minimum Gasteiger partial charge on any atom is -0.378 e. The number of benzene rings is 1. The van der Waals surface area contributed by atoms with Crippen molar-refractivity contribution in [3.8, 4) is 5.69 Å². The summed E-state index contributed by atoms with van der Waals surface area (Å²) >= 11 is 0. The molecule has 1 atom stereocenters. The molecule has 1 unspecified atom stereocenters. The van der Waals surface area contributed by atoms with E-state index in [0.717, 1.165) is 0 Å². The van der Waals surface area contributed by atoms with E-state index in [1.54, 1.807) is 6.20 Å². The van der Waals surface area contributed by atoms with Crippen molar-refractivity contribution in [3.05, 3.63) is 42.0 Å². The van der Waals surface area contributed by atoms with Crippen LogP contribution in [0.4, 0.5) is 4.39 Å². The van der Waals surface area contributed by atoms with Gasteiger partial charge in [0.15, 0.2) is 0 Å². The normalized spacial score (nSPS) is 18.8. The van der Waals surface area contributed by atoms with Crippen molar-refractivity contribution >= 4 is 11.8 Å². The number of halogens is 1. The van der Waals surface area contributed by atoms with E-state index in [1.165, 1.54) is 48.1 Å². The molecule has 3 rings (SSSR count). The largest absolute Gasteiger partial charge is 0.378 e. The summed E-state index contributed by atoms with van der Waals surface area (Å²) in [4.78, 5) is 26.4. The highest BCUT2D eigenvalue weighted by Gasteiger charge is 2.39. The Morgan fingerprint density at radius 2 is 2.29 bits per heavy atom. The summed E-state index contributed by atoms with van der Waals surface area (Å²) in [5.41, 5.74) is -0.418. The maximum atomic E-state index is 14.5. The van der Waals surface area contributed by atoms with Gasteiger partial charge in [0.05, 0.1) is 43.3 Å². The van der Waals surface area contributed by atoms with Crippen molar-refractivity contribution in [1.29, 1.82) is 0 Å². The lowest BCUT2D eigenvalue weighted by molar-refractivity contribution is -0.122. The summed E-state index contributed by atoms with van der Waals surface area (Å²) in [6.45, 7) is 0.657. The summed E-state index contributed by atoms with van der Waals surface area (Å²) in [6.07, 6.45) is 3.63. The van der Waals surface area contributed by atoms with Crippen LogP contribution >= 0.6 is 0 Å². The Bertz CT molecular complexity index is 837. The molecule has 150 valence electrons. The lowest BCUT2D eigenvalue weighted by Gasteiger charge is -2.33. The summed E-state index contributed by atoms with van der Waals surface area (Å²) in [6, 6.07) is 4.06. The SMILES string of the molecule is CNC(=O)CN(CC1(OC)CCOC1)C(=O)c1cc(-n2ccnn2)ccc1F. The molecule has 2 heterocycles. The fourth-order valence-corrected chi connectivity index (χ4v) is 3.07. The fraction of sp³-hybridized carbons (Fsp3) is 0.444. The number of nitrogens with one attached hydrogen (secondary N) is 1. The van der Waals surface area contributed by atoms with Crippen LogP contribution in [0, 0.1) is 5.82 Å². The molecule has 1 aliphatic heterocycles. The molecule has 1 aliphatic rings. The number of methoxy groups -OCH3 is 1. The number of aromatic nitrogens is 3. The molecule has 9 nitrogen and oxygen atoms in total. The van der Waals surface area contributed by atoms with Crippen LogP contribution < -0.4 is 5.32 Å². The van der Waals surface area contributed by atoms with E-state index in [4.69, 9.17) is 9.47 Å². The number of carbonyl (C=O) groups excluding carboxylic acids is 2. The molecular formula is C18H22FN5O4. The summed E-state index contributed by atoms with van der Waals surface area (Å²) in [5, 5.41) is 10.0. The van der Waals surface area contributed by atoms with Crippen LogP contribution in [0.1, 0.15) is 16.8 Å². The van der Waals surface area contributed by atoms with Crippen molar-refractivity contribution in [1.82, 2.24) is 25.2 Å². The molecule has 28 heavy (non-hydrogen) atoms. The molecule has 1 N–H and O–H groups in total. The Hall–Kier alpha value is -2.85. The van der Waals surface area contributed by atoms with Crippen molar-refractivity contribution in [2.75, 3.05) is 40.5 Å². The first-order valence-electron chi connectivity index (χ1n) is 8.77. The fourth-order valence-electron chi connectivity index (χ4n) is 3.07. The quantitative estimate of drug-likeness (QED) is 0.734. The Labute approximate surface area is 161 Å². The van der Waals surface area contributed by atoms with E-state index < -0.39 is 17.3 Å². The third-order valence-corrected chi connectivity index (χ3v) is 4.75. The molecule has 1 saturated heterocycles. The molecular weight excluding hydrogens is 369 g/mol. The van der Waals surface area contributed by atoms with Gasteiger partial charge in [-0.05, 0) is 18.2 Å². The molecule has 10 heteroatoms. The Kier molecular flexibility index (Phi) is 6.00. The maximum Gasteiger partial charge on any atom is 0.257 e. The van der Waals surface area contributed by atoms with E-state index in [2.05, 4.69) is 15.6 Å². The van der Waals surface area contributed by atoms with Gasteiger partial charge in [-0.2, -0.15) is 0 Å². The first-order chi connectivity index (χ1) is 13.5. The van der Waals surface area contributed by atoms with Crippen molar-refractivity contribution in [3.63, 3.8) is 0 Å². The lowest BCUT2D eigenvalue weighted by atomic mass is 10.0. The van der Waals surface area contributed by atoms with E-state index in [0.29, 0.717) is 25.3 Å². The highest BCUT2D eigenvalue weighted by Crippen LogP contribution is 2.25. The predicted octanol–water partition coefficient (Wildman–Crippen LogP) is 0.400. The number of hydrogen-bond donors (Lipinski definition) is 1. The molecule has 1 fully saturated rings. The monoisotopic (exact) mass is 391 g/mol. The number of likely N-dealkylation sites (N-methyl/N-ethyl adjacent to an activating group) is 1. The van der Waals surface area contributed by atoms with Crippen molar-refractivity contribution in [2.24, 2.45) is 0 Å². The Balaban J connectivity index is 1.92. The third kappa shape index (κ3) is 4.18. The first-order valence-corrected chi connectivity index (χ1v) is 8.77. The van der Waals surface area contributed by atoms with Gasteiger partial charge in [0.1, 0.15) is 11.4 Å². The molecule has 2 amide bonds. The number of nitrogens with zero attached hydrogens (tertiary/aromatic N) is 4. The van der Waals surface area contributed by atoms with Crippen LogP contribution in [0.25, 0.3) is 5.69 Å². The van der Waals surface area contributed by atoms with Crippen LogP contribution in [0.15, 0.2) is 30.6 Å². The van der Waals surface area contributed by atoms with Crippen molar-refractivity contribution < 1.29 is 23.5 Å². The minimum atomic E-state index is -0.732. The highest BCUT2D eigenvalue weighted by atomic mass is 19.1. The molecule has 1 aromatic heterocycles. The van der Waals surface area contributed by atoms with Gasteiger partial charge in [0.25, 0.3) is 5.91 Å². The zero-order valence-electron chi connectivity index (χ0n) is 15.7. The van der Waals surface area contributed by atoms with Gasteiger partial charge in [-0.15, -0.1) is 5.10 Å². The lowest BCUT2D eigenvalue weighted by Crippen LogP contribution is -2.50. The number of rotatable bonds is 7. The Morgan fingerprint density at radius 1 is 1.46 bits per heavy atom. The van der Waals surface area contributed by atoms with Crippen LogP contribution in [0.5, 0.6) is 0 Å². The van der Waals surface area contributed by atoms with E-state index in [1.807, 2.05) is 0 Å². The summed E-state index contributed by atoms with van der Waals surface area (Å²) in [7, 11) is 3.00. The maximum absolute atomic E-state index is 14.5. The predicted molar refractivity (Wildman–Crippen MR) is 96.5 cm³/mol. The van der Waals surface area contributed by atoms with E-state index >= 15 is 0 Å². The standard InChI is InChI=1S/C18H22FN5O4/c1-20-16(25)10-23(11-18(27-2)5-8-28-12-18)17(26)14-9-13(3-4-15(14)19)24-7-6-21-22-24/h3-4,6-7,9H,5,8,10-12H2,1-2H3,(H,20,25). The molecule has 0 radical (unpaired) electrons. The van der Waals surface area contributed by atoms with Gasteiger partial charge in [-0.1, -0.05) is 5.21 Å². The van der Waals surface area contributed by atoms with Gasteiger partial charge in [-0.25, -0.2) is 9.07 Å². The molecule has 2 aromatic rings. The minimum absolute atomic E-state index is 0.0999. The zero-order chi connectivity index (χ0) is 20.1. The number of hydrogen-bond acceptors (Lipinski definition) is 6. The van der Waals surface area contributed by atoms with Crippen LogP contribution in [-0.4, -0.2) is 77.8 Å². The second kappa shape index (κ2) is 8.44. The second-order valence-corrected chi connectivity index (χ2v) is 6.54. The molecule has 0 saturated carbocycles. The van der Waals surface area contributed by atoms with Gasteiger partial charge >= 0.3 is 0 Å². The van der Waals surface area contributed by atoms with Gasteiger partial charge < -0.3 is 19.7 Å². The van der Waals surface area contributed by atoms with Gasteiger partial charge in [0, 0.05) is 27.2 Å². The van der Waals surface area contributed by atoms with Gasteiger partial charge in [0.2, 0.25) is 5.91 Å². The van der Waals surface area contributed by atoms with Crippen LogP contribution in [0.3, 0.4) is 0 Å². The summed E-state index contributed by atoms with van der Waals surface area (Å²) < 4.78 is 26.9. The number of carbonyl (C=O) groups is 2. The zero-order valence-corrected chi connectivity index (χ0v) is 15.7. The van der Waals surface area contributed by atoms with E-state index in [-0.39, 0.29) is 24.6 Å². The third-order valence-electron chi connectivity index (χ3n) is 4.75. The average molecular weight is 391 g/mol. The molecule has 0 bridgehead atoms. The van der Waals surface area contributed by atoms with Gasteiger partial charge in [-0.3, -0.25) is 9.59 Å². The van der Waals surface area contributed by atoms with Crippen molar-refractivity contribution in [2.45, 2.75) is 12.0 Å². The van der Waals surface area contributed by atoms with E-state index in [9.17, 15) is 14.0 Å². The highest BCUT2D eigenvalue weighted by molar-refractivity contribution is 5.97. The molecule has 1 aromatic carbocycles. The number of amides is 2. The molecule has 0 spiro atoms. The Morgan fingerprint density at radius 3 is 2.89 bits per heavy atom. The second-order valence-electron chi connectivity index (χ2n) is 6.54. The van der Waals surface area contributed by atoms with Crippen LogP contribution in [0.2, 0.25) is 0 Å². The smallest absolute Gasteiger partial charge is 0.257 e. The topological polar surface area (TPSA) is 98.6 Å². The summed E-state index contributed by atoms with van der Waals surface area (Å²) in [5.74, 6) is -1.68.